The summed E-state index contributed by atoms with van der Waals surface area (Å²) in [6, 6.07) is 14.2. The first kappa shape index (κ1) is 24.8. The predicted molar refractivity (Wildman–Crippen MR) is 133 cm³/mol. The predicted octanol–water partition coefficient (Wildman–Crippen LogP) is 4.89. The Morgan fingerprint density at radius 1 is 1.06 bits per heavy atom. The second-order valence-electron chi connectivity index (χ2n) is 7.99. The van der Waals surface area contributed by atoms with Crippen LogP contribution in [0, 0.1) is 5.92 Å². The van der Waals surface area contributed by atoms with Crippen molar-refractivity contribution in [2.75, 3.05) is 11.1 Å². The summed E-state index contributed by atoms with van der Waals surface area (Å²) in [5, 5.41) is 15.7. The van der Waals surface area contributed by atoms with Crippen LogP contribution in [-0.4, -0.2) is 32.3 Å². The Hall–Kier alpha value is -2.84. The van der Waals surface area contributed by atoms with Crippen LogP contribution in [0.2, 0.25) is 5.02 Å². The third-order valence-corrected chi connectivity index (χ3v) is 6.46. The average molecular weight is 486 g/mol. The maximum atomic E-state index is 12.7. The third kappa shape index (κ3) is 6.58. The van der Waals surface area contributed by atoms with E-state index in [9.17, 15) is 9.59 Å². The summed E-state index contributed by atoms with van der Waals surface area (Å²) in [6.45, 7) is 6.10. The number of nitrogens with one attached hydrogen (secondary N) is 2. The molecule has 0 spiro atoms. The number of hydrogen-bond acceptors (Lipinski definition) is 5. The van der Waals surface area contributed by atoms with Gasteiger partial charge in [-0.2, -0.15) is 0 Å². The van der Waals surface area contributed by atoms with E-state index in [4.69, 9.17) is 11.6 Å². The molecule has 3 aromatic rings. The molecule has 3 rings (SSSR count). The molecule has 33 heavy (non-hydrogen) atoms. The first-order valence-electron chi connectivity index (χ1n) is 10.8. The molecule has 174 valence electrons. The quantitative estimate of drug-likeness (QED) is 0.421. The zero-order chi connectivity index (χ0) is 24.0. The summed E-state index contributed by atoms with van der Waals surface area (Å²) in [5.41, 5.74) is 2.50. The zero-order valence-electron chi connectivity index (χ0n) is 19.1. The van der Waals surface area contributed by atoms with E-state index < -0.39 is 0 Å². The minimum absolute atomic E-state index is 0.0800. The number of benzene rings is 2. The summed E-state index contributed by atoms with van der Waals surface area (Å²) in [4.78, 5) is 25.1. The number of nitrogens with zero attached hydrogens (tertiary/aromatic N) is 3. The van der Waals surface area contributed by atoms with Gasteiger partial charge in [0, 0.05) is 23.3 Å². The van der Waals surface area contributed by atoms with Gasteiger partial charge in [0.2, 0.25) is 5.91 Å². The second-order valence-corrected chi connectivity index (χ2v) is 9.37. The molecule has 2 aromatic carbocycles. The van der Waals surface area contributed by atoms with Gasteiger partial charge in [-0.05, 0) is 54.3 Å². The fourth-order valence-corrected chi connectivity index (χ4v) is 4.07. The van der Waals surface area contributed by atoms with Gasteiger partial charge in [0.25, 0.3) is 5.91 Å². The van der Waals surface area contributed by atoms with E-state index in [0.29, 0.717) is 21.6 Å². The van der Waals surface area contributed by atoms with Gasteiger partial charge in [-0.1, -0.05) is 56.3 Å². The second kappa shape index (κ2) is 11.3. The largest absolute Gasteiger partial charge is 0.342 e. The van der Waals surface area contributed by atoms with Crippen LogP contribution in [0.5, 0.6) is 0 Å². The molecule has 0 aliphatic carbocycles. The highest BCUT2D eigenvalue weighted by molar-refractivity contribution is 7.99. The lowest BCUT2D eigenvalue weighted by atomic mass is 10.0. The van der Waals surface area contributed by atoms with Gasteiger partial charge in [-0.3, -0.25) is 9.59 Å². The number of aryl methyl sites for hydroxylation is 1. The Labute approximate surface area is 203 Å². The maximum Gasteiger partial charge on any atom is 0.251 e. The SMILES string of the molecule is CCc1ccc(NC(=O)CSc2nnc([C@H](NC(=O)c3ccc(Cl)cc3)C(C)C)n2C)cc1. The van der Waals surface area contributed by atoms with Crippen LogP contribution in [0.15, 0.2) is 53.7 Å². The molecule has 1 aromatic heterocycles. The third-order valence-electron chi connectivity index (χ3n) is 5.18. The molecule has 7 nitrogen and oxygen atoms in total. The summed E-state index contributed by atoms with van der Waals surface area (Å²) in [6.07, 6.45) is 0.954. The van der Waals surface area contributed by atoms with Gasteiger partial charge in [0.15, 0.2) is 11.0 Å². The molecule has 2 N–H and O–H groups in total. The van der Waals surface area contributed by atoms with Gasteiger partial charge >= 0.3 is 0 Å². The van der Waals surface area contributed by atoms with Crippen LogP contribution >= 0.6 is 23.4 Å². The topological polar surface area (TPSA) is 88.9 Å². The van der Waals surface area contributed by atoms with Crippen LogP contribution < -0.4 is 10.6 Å². The molecule has 0 fully saturated rings. The van der Waals surface area contributed by atoms with Gasteiger partial charge in [0.1, 0.15) is 0 Å². The number of amides is 2. The van der Waals surface area contributed by atoms with Crippen LogP contribution in [0.3, 0.4) is 0 Å². The number of hydrogen-bond donors (Lipinski definition) is 2. The smallest absolute Gasteiger partial charge is 0.251 e. The number of rotatable bonds is 9. The molecule has 0 unspecified atom stereocenters. The standard InChI is InChI=1S/C24H28ClN5O2S/c1-5-16-6-12-19(13-7-16)26-20(31)14-33-24-29-28-22(30(24)4)21(15(2)3)27-23(32)17-8-10-18(25)11-9-17/h6-13,15,21H,5,14H2,1-4H3,(H,26,31)(H,27,32)/t21-/m1/s1. The summed E-state index contributed by atoms with van der Waals surface area (Å²) < 4.78 is 1.82. The van der Waals surface area contributed by atoms with Crippen LogP contribution in [0.4, 0.5) is 5.69 Å². The lowest BCUT2D eigenvalue weighted by Gasteiger charge is -2.21. The van der Waals surface area contributed by atoms with Gasteiger partial charge < -0.3 is 15.2 Å². The summed E-state index contributed by atoms with van der Waals surface area (Å²) in [7, 11) is 1.84. The molecule has 0 bridgehead atoms. The molecule has 1 heterocycles. The summed E-state index contributed by atoms with van der Waals surface area (Å²) in [5.74, 6) is 0.577. The molecule has 0 saturated heterocycles. The van der Waals surface area contributed by atoms with E-state index in [-0.39, 0.29) is 29.5 Å². The number of anilines is 1. The molecule has 0 radical (unpaired) electrons. The molecular weight excluding hydrogens is 458 g/mol. The van der Waals surface area contributed by atoms with Crippen molar-refractivity contribution in [2.45, 2.75) is 38.4 Å². The van der Waals surface area contributed by atoms with E-state index in [0.717, 1.165) is 12.1 Å². The van der Waals surface area contributed by atoms with Gasteiger partial charge in [-0.25, -0.2) is 0 Å². The number of thioether (sulfide) groups is 1. The monoisotopic (exact) mass is 485 g/mol. The van der Waals surface area contributed by atoms with Crippen molar-refractivity contribution in [1.82, 2.24) is 20.1 Å². The maximum absolute atomic E-state index is 12.7. The number of halogens is 1. The Balaban J connectivity index is 1.63. The highest BCUT2D eigenvalue weighted by Crippen LogP contribution is 2.25. The molecule has 1 atom stereocenters. The Morgan fingerprint density at radius 3 is 2.33 bits per heavy atom. The number of aromatic nitrogens is 3. The molecule has 0 aliphatic rings. The van der Waals surface area contributed by atoms with E-state index >= 15 is 0 Å². The van der Waals surface area contributed by atoms with Crippen LogP contribution in [0.25, 0.3) is 0 Å². The Bertz CT molecular complexity index is 1100. The highest BCUT2D eigenvalue weighted by atomic mass is 35.5. The van der Waals surface area contributed by atoms with Crippen molar-refractivity contribution in [2.24, 2.45) is 13.0 Å². The Kier molecular flexibility index (Phi) is 8.52. The van der Waals surface area contributed by atoms with Crippen LogP contribution in [0.1, 0.15) is 48.6 Å². The lowest BCUT2D eigenvalue weighted by Crippen LogP contribution is -2.33. The normalized spacial score (nSPS) is 11.9. The minimum Gasteiger partial charge on any atom is -0.342 e. The Morgan fingerprint density at radius 2 is 1.73 bits per heavy atom. The number of carbonyl (C=O) groups excluding carboxylic acids is 2. The first-order valence-corrected chi connectivity index (χ1v) is 12.1. The van der Waals surface area contributed by atoms with E-state index in [2.05, 4.69) is 27.8 Å². The van der Waals surface area contributed by atoms with Crippen molar-refractivity contribution >= 4 is 40.9 Å². The zero-order valence-corrected chi connectivity index (χ0v) is 20.7. The van der Waals surface area contributed by atoms with Crippen molar-refractivity contribution in [3.05, 3.63) is 70.5 Å². The highest BCUT2D eigenvalue weighted by Gasteiger charge is 2.25. The van der Waals surface area contributed by atoms with Gasteiger partial charge in [-0.15, -0.1) is 10.2 Å². The minimum atomic E-state index is -0.342. The van der Waals surface area contributed by atoms with E-state index in [1.54, 1.807) is 24.3 Å². The lowest BCUT2D eigenvalue weighted by molar-refractivity contribution is -0.113. The van der Waals surface area contributed by atoms with E-state index in [1.807, 2.05) is 49.7 Å². The first-order chi connectivity index (χ1) is 15.8. The van der Waals surface area contributed by atoms with Crippen molar-refractivity contribution in [1.29, 1.82) is 0 Å². The molecule has 2 amide bonds. The number of carbonyl (C=O) groups is 2. The van der Waals surface area contributed by atoms with Crippen LogP contribution in [-0.2, 0) is 18.3 Å². The summed E-state index contributed by atoms with van der Waals surface area (Å²) >= 11 is 7.22. The molecule has 9 heteroatoms. The molecular formula is C24H28ClN5O2S. The fourth-order valence-electron chi connectivity index (χ4n) is 3.23. The van der Waals surface area contributed by atoms with Gasteiger partial charge in [0.05, 0.1) is 11.8 Å². The average Bonchev–Trinajstić information content (AvgIpc) is 3.16. The molecule has 0 saturated carbocycles. The van der Waals surface area contributed by atoms with E-state index in [1.165, 1.54) is 17.3 Å². The van der Waals surface area contributed by atoms with Crippen molar-refractivity contribution in [3.63, 3.8) is 0 Å². The van der Waals surface area contributed by atoms with Crippen molar-refractivity contribution in [3.8, 4) is 0 Å². The fraction of sp³-hybridized carbons (Fsp3) is 0.333. The van der Waals surface area contributed by atoms with Crippen molar-refractivity contribution < 1.29 is 9.59 Å². The molecule has 0 aliphatic heterocycles.